The molecule has 0 aromatic carbocycles. The van der Waals surface area contributed by atoms with Gasteiger partial charge in [-0.15, -0.1) is 0 Å². The predicted octanol–water partition coefficient (Wildman–Crippen LogP) is 0.899. The summed E-state index contributed by atoms with van der Waals surface area (Å²) in [5.41, 5.74) is -1.02. The molecule has 2 atom stereocenters. The quantitative estimate of drug-likeness (QED) is 0.738. The van der Waals surface area contributed by atoms with Gasteiger partial charge in [-0.1, -0.05) is 13.8 Å². The summed E-state index contributed by atoms with van der Waals surface area (Å²) in [4.78, 5) is 33.6. The number of rotatable bonds is 7. The van der Waals surface area contributed by atoms with Gasteiger partial charge in [-0.25, -0.2) is 9.97 Å². The standard InChI is InChI=1S/C16H23N5O3/c1-11(2)16(4,10-17)20-14(23)12(3)24-13(22)9-21(5)15-18-7-6-8-19-15/h6-8,11-12H,9H2,1-5H3,(H,20,23)/t12-,16+/m0/s1. The highest BCUT2D eigenvalue weighted by atomic mass is 16.5. The summed E-state index contributed by atoms with van der Waals surface area (Å²) >= 11 is 0. The van der Waals surface area contributed by atoms with Crippen molar-refractivity contribution in [3.8, 4) is 6.07 Å². The lowest BCUT2D eigenvalue weighted by Gasteiger charge is -2.28. The molecular weight excluding hydrogens is 310 g/mol. The van der Waals surface area contributed by atoms with Crippen LogP contribution in [0, 0.1) is 17.2 Å². The number of nitriles is 1. The molecule has 0 aliphatic rings. The predicted molar refractivity (Wildman–Crippen MR) is 87.9 cm³/mol. The number of nitrogens with zero attached hydrogens (tertiary/aromatic N) is 4. The molecule has 0 saturated carbocycles. The lowest BCUT2D eigenvalue weighted by Crippen LogP contribution is -2.52. The van der Waals surface area contributed by atoms with Crippen molar-refractivity contribution < 1.29 is 14.3 Å². The number of hydrogen-bond donors (Lipinski definition) is 1. The van der Waals surface area contributed by atoms with Gasteiger partial charge in [0.1, 0.15) is 12.1 Å². The zero-order valence-electron chi connectivity index (χ0n) is 14.6. The number of amides is 1. The van der Waals surface area contributed by atoms with Crippen LogP contribution < -0.4 is 10.2 Å². The zero-order chi connectivity index (χ0) is 18.3. The van der Waals surface area contributed by atoms with Gasteiger partial charge in [-0.3, -0.25) is 9.59 Å². The molecule has 0 unspecified atom stereocenters. The summed E-state index contributed by atoms with van der Waals surface area (Å²) < 4.78 is 5.12. The molecule has 0 spiro atoms. The van der Waals surface area contributed by atoms with Gasteiger partial charge in [0.2, 0.25) is 5.95 Å². The third kappa shape index (κ3) is 5.19. The Balaban J connectivity index is 2.58. The third-order valence-corrected chi connectivity index (χ3v) is 3.71. The molecule has 0 saturated heterocycles. The maximum Gasteiger partial charge on any atom is 0.326 e. The van der Waals surface area contributed by atoms with Crippen LogP contribution in [0.25, 0.3) is 0 Å². The van der Waals surface area contributed by atoms with Crippen LogP contribution in [0.1, 0.15) is 27.7 Å². The molecule has 1 rings (SSSR count). The van der Waals surface area contributed by atoms with E-state index in [1.54, 1.807) is 32.4 Å². The number of esters is 1. The monoisotopic (exact) mass is 333 g/mol. The lowest BCUT2D eigenvalue weighted by atomic mass is 9.90. The van der Waals surface area contributed by atoms with Gasteiger partial charge in [0.05, 0.1) is 6.07 Å². The Morgan fingerprint density at radius 2 is 1.96 bits per heavy atom. The fraction of sp³-hybridized carbons (Fsp3) is 0.562. The fourth-order valence-corrected chi connectivity index (χ4v) is 1.70. The molecule has 1 amide bonds. The Hall–Kier alpha value is -2.69. The van der Waals surface area contributed by atoms with Gasteiger partial charge in [0, 0.05) is 19.4 Å². The minimum absolute atomic E-state index is 0.0873. The molecular formula is C16H23N5O3. The Bertz CT molecular complexity index is 614. The largest absolute Gasteiger partial charge is 0.451 e. The minimum atomic E-state index is -1.02. The molecule has 1 aromatic heterocycles. The van der Waals surface area contributed by atoms with Gasteiger partial charge in [-0.2, -0.15) is 5.26 Å². The highest BCUT2D eigenvalue weighted by Crippen LogP contribution is 2.15. The van der Waals surface area contributed by atoms with E-state index in [2.05, 4.69) is 21.4 Å². The number of carbonyl (C=O) groups excluding carboxylic acids is 2. The first kappa shape index (κ1) is 19.4. The molecule has 1 aromatic rings. The van der Waals surface area contributed by atoms with Gasteiger partial charge < -0.3 is 15.0 Å². The first-order valence-corrected chi connectivity index (χ1v) is 7.60. The van der Waals surface area contributed by atoms with Gasteiger partial charge in [0.15, 0.2) is 6.10 Å². The van der Waals surface area contributed by atoms with Crippen LogP contribution in [0.4, 0.5) is 5.95 Å². The van der Waals surface area contributed by atoms with E-state index in [4.69, 9.17) is 4.74 Å². The number of nitrogens with one attached hydrogen (secondary N) is 1. The number of likely N-dealkylation sites (N-methyl/N-ethyl adjacent to an activating group) is 1. The lowest BCUT2D eigenvalue weighted by molar-refractivity contribution is -0.154. The first-order chi connectivity index (χ1) is 11.2. The molecule has 1 N–H and O–H groups in total. The van der Waals surface area contributed by atoms with Crippen molar-refractivity contribution in [3.05, 3.63) is 18.5 Å². The van der Waals surface area contributed by atoms with E-state index in [1.165, 1.54) is 11.8 Å². The van der Waals surface area contributed by atoms with Crippen molar-refractivity contribution in [1.29, 1.82) is 5.26 Å². The van der Waals surface area contributed by atoms with Crippen molar-refractivity contribution in [2.24, 2.45) is 5.92 Å². The van der Waals surface area contributed by atoms with Crippen LogP contribution >= 0.6 is 0 Å². The highest BCUT2D eigenvalue weighted by Gasteiger charge is 2.32. The second-order valence-corrected chi connectivity index (χ2v) is 6.00. The summed E-state index contributed by atoms with van der Waals surface area (Å²) in [7, 11) is 1.65. The Morgan fingerprint density at radius 1 is 1.38 bits per heavy atom. The van der Waals surface area contributed by atoms with Crippen LogP contribution in [0.2, 0.25) is 0 Å². The SMILES string of the molecule is CC(C)[C@@](C)(C#N)NC(=O)[C@H](C)OC(=O)CN(C)c1ncccn1. The van der Waals surface area contributed by atoms with Crippen molar-refractivity contribution in [1.82, 2.24) is 15.3 Å². The number of ether oxygens (including phenoxy) is 1. The summed E-state index contributed by atoms with van der Waals surface area (Å²) in [5, 5.41) is 11.8. The Kier molecular flexibility index (Phi) is 6.65. The van der Waals surface area contributed by atoms with Crippen LogP contribution in [0.15, 0.2) is 18.5 Å². The molecule has 0 aliphatic heterocycles. The first-order valence-electron chi connectivity index (χ1n) is 7.60. The average molecular weight is 333 g/mol. The van der Waals surface area contributed by atoms with E-state index >= 15 is 0 Å². The molecule has 0 aliphatic carbocycles. The molecule has 8 heteroatoms. The third-order valence-electron chi connectivity index (χ3n) is 3.71. The van der Waals surface area contributed by atoms with Crippen molar-refractivity contribution in [2.75, 3.05) is 18.5 Å². The summed E-state index contributed by atoms with van der Waals surface area (Å²) in [5.74, 6) is -0.811. The Labute approximate surface area is 141 Å². The highest BCUT2D eigenvalue weighted by molar-refractivity contribution is 5.85. The average Bonchev–Trinajstić information content (AvgIpc) is 2.54. The molecule has 0 bridgehead atoms. The number of carbonyl (C=O) groups is 2. The second kappa shape index (κ2) is 8.24. The zero-order valence-corrected chi connectivity index (χ0v) is 14.6. The summed E-state index contributed by atoms with van der Waals surface area (Å²) in [6.45, 7) is 6.65. The summed E-state index contributed by atoms with van der Waals surface area (Å²) in [6, 6.07) is 3.74. The van der Waals surface area contributed by atoms with Crippen molar-refractivity contribution >= 4 is 17.8 Å². The minimum Gasteiger partial charge on any atom is -0.451 e. The fourth-order valence-electron chi connectivity index (χ4n) is 1.70. The van der Waals surface area contributed by atoms with Crippen LogP contribution in [0.5, 0.6) is 0 Å². The Morgan fingerprint density at radius 3 is 2.46 bits per heavy atom. The van der Waals surface area contributed by atoms with Crippen LogP contribution in [-0.4, -0.2) is 47.1 Å². The maximum atomic E-state index is 12.1. The smallest absolute Gasteiger partial charge is 0.326 e. The van der Waals surface area contributed by atoms with E-state index in [0.717, 1.165) is 0 Å². The number of aromatic nitrogens is 2. The van der Waals surface area contributed by atoms with Gasteiger partial charge in [0.25, 0.3) is 5.91 Å². The van der Waals surface area contributed by atoms with Crippen LogP contribution in [-0.2, 0) is 14.3 Å². The molecule has 0 fully saturated rings. The van der Waals surface area contributed by atoms with Gasteiger partial charge in [-0.05, 0) is 25.8 Å². The molecule has 8 nitrogen and oxygen atoms in total. The maximum absolute atomic E-state index is 12.1. The number of anilines is 1. The van der Waals surface area contributed by atoms with E-state index in [-0.39, 0.29) is 12.5 Å². The molecule has 1 heterocycles. The van der Waals surface area contributed by atoms with E-state index in [0.29, 0.717) is 5.95 Å². The number of hydrogen-bond acceptors (Lipinski definition) is 7. The molecule has 24 heavy (non-hydrogen) atoms. The van der Waals surface area contributed by atoms with Crippen LogP contribution in [0.3, 0.4) is 0 Å². The molecule has 0 radical (unpaired) electrons. The van der Waals surface area contributed by atoms with Gasteiger partial charge >= 0.3 is 5.97 Å². The topological polar surface area (TPSA) is 108 Å². The molecule has 130 valence electrons. The summed E-state index contributed by atoms with van der Waals surface area (Å²) in [6.07, 6.45) is 2.12. The normalized spacial score (nSPS) is 14.2. The second-order valence-electron chi connectivity index (χ2n) is 6.00. The van der Waals surface area contributed by atoms with E-state index in [9.17, 15) is 14.9 Å². The van der Waals surface area contributed by atoms with E-state index < -0.39 is 23.5 Å². The van der Waals surface area contributed by atoms with Crippen molar-refractivity contribution in [3.63, 3.8) is 0 Å². The van der Waals surface area contributed by atoms with Crippen molar-refractivity contribution in [2.45, 2.75) is 39.3 Å². The van der Waals surface area contributed by atoms with E-state index in [1.807, 2.05) is 13.8 Å².